The van der Waals surface area contributed by atoms with Crippen LogP contribution in [0.1, 0.15) is 41.0 Å². The number of carbonyl (C=O) groups excluding carboxylic acids is 1. The van der Waals surface area contributed by atoms with Gasteiger partial charge in [-0.05, 0) is 18.2 Å². The zero-order chi connectivity index (χ0) is 19.4. The van der Waals surface area contributed by atoms with Crippen molar-refractivity contribution in [1.82, 2.24) is 4.98 Å². The van der Waals surface area contributed by atoms with Gasteiger partial charge in [0.15, 0.2) is 5.75 Å². The van der Waals surface area contributed by atoms with Gasteiger partial charge in [0.2, 0.25) is 5.88 Å². The van der Waals surface area contributed by atoms with Gasteiger partial charge in [-0.3, -0.25) is 0 Å². The van der Waals surface area contributed by atoms with Crippen LogP contribution in [0, 0.1) is 11.3 Å². The van der Waals surface area contributed by atoms with Crippen molar-refractivity contribution in [2.75, 3.05) is 7.11 Å². The number of hydrogen-bond donors (Lipinski definition) is 0. The molecule has 0 N–H and O–H groups in total. The van der Waals surface area contributed by atoms with Crippen LogP contribution < -0.4 is 9.47 Å². The minimum atomic E-state index is -0.645. The van der Waals surface area contributed by atoms with Crippen LogP contribution in [0.3, 0.4) is 0 Å². The Bertz CT molecular complexity index is 1000. The highest BCUT2D eigenvalue weighted by Gasteiger charge is 2.31. The van der Waals surface area contributed by atoms with E-state index in [1.54, 1.807) is 25.3 Å². The van der Waals surface area contributed by atoms with Crippen molar-refractivity contribution >= 4 is 5.97 Å². The van der Waals surface area contributed by atoms with E-state index in [1.165, 1.54) is 18.6 Å². The third-order valence-corrected chi connectivity index (χ3v) is 4.33. The van der Waals surface area contributed by atoms with Gasteiger partial charge in [0.1, 0.15) is 12.3 Å². The van der Waals surface area contributed by atoms with Crippen molar-refractivity contribution in [3.8, 4) is 17.7 Å². The Morgan fingerprint density at radius 3 is 2.63 bits per heavy atom. The maximum atomic E-state index is 12.4. The molecule has 0 aliphatic carbocycles. The Morgan fingerprint density at radius 1 is 1.19 bits per heavy atom. The molecule has 0 atom stereocenters. The van der Waals surface area contributed by atoms with Crippen LogP contribution in [-0.2, 0) is 5.41 Å². The van der Waals surface area contributed by atoms with Crippen molar-refractivity contribution in [3.05, 3.63) is 77.4 Å². The third-order valence-electron chi connectivity index (χ3n) is 4.33. The van der Waals surface area contributed by atoms with E-state index in [-0.39, 0.29) is 16.9 Å². The Hall–Kier alpha value is -3.59. The first-order valence-corrected chi connectivity index (χ1v) is 8.27. The van der Waals surface area contributed by atoms with E-state index in [0.29, 0.717) is 11.4 Å². The lowest BCUT2D eigenvalue weighted by Crippen LogP contribution is -2.23. The minimum absolute atomic E-state index is 0.209. The second kappa shape index (κ2) is 7.34. The molecule has 2 heterocycles. The number of esters is 1. The summed E-state index contributed by atoms with van der Waals surface area (Å²) in [5.41, 5.74) is 1.27. The molecule has 3 rings (SSSR count). The highest BCUT2D eigenvalue weighted by Crippen LogP contribution is 2.39. The molecule has 0 amide bonds. The molecule has 27 heavy (non-hydrogen) atoms. The fraction of sp³-hybridized carbons (Fsp3) is 0.190. The lowest BCUT2D eigenvalue weighted by atomic mass is 9.80. The molecular formula is C21H18N2O4. The zero-order valence-electron chi connectivity index (χ0n) is 15.2. The molecule has 0 bridgehead atoms. The number of rotatable bonds is 5. The lowest BCUT2D eigenvalue weighted by Gasteiger charge is -2.27. The first-order chi connectivity index (χ1) is 13.0. The largest absolute Gasteiger partial charge is 0.481 e. The average Bonchev–Trinajstić information content (AvgIpc) is 3.23. The summed E-state index contributed by atoms with van der Waals surface area (Å²) in [6.45, 7) is 3.89. The summed E-state index contributed by atoms with van der Waals surface area (Å²) in [5, 5.41) is 9.51. The number of para-hydroxylation sites is 1. The van der Waals surface area contributed by atoms with Gasteiger partial charge in [-0.1, -0.05) is 32.0 Å². The lowest BCUT2D eigenvalue weighted by molar-refractivity contribution is 0.0730. The van der Waals surface area contributed by atoms with Crippen molar-refractivity contribution < 1.29 is 18.7 Å². The van der Waals surface area contributed by atoms with E-state index in [9.17, 15) is 10.1 Å². The van der Waals surface area contributed by atoms with E-state index in [0.717, 1.165) is 5.69 Å². The number of benzene rings is 1. The Labute approximate surface area is 157 Å². The van der Waals surface area contributed by atoms with Crippen molar-refractivity contribution in [2.24, 2.45) is 0 Å². The van der Waals surface area contributed by atoms with Gasteiger partial charge >= 0.3 is 5.97 Å². The van der Waals surface area contributed by atoms with E-state index < -0.39 is 11.4 Å². The fourth-order valence-electron chi connectivity index (χ4n) is 2.77. The number of pyridine rings is 1. The molecule has 0 radical (unpaired) electrons. The molecule has 0 spiro atoms. The second-order valence-corrected chi connectivity index (χ2v) is 6.39. The molecule has 0 saturated carbocycles. The van der Waals surface area contributed by atoms with Gasteiger partial charge in [-0.2, -0.15) is 5.26 Å². The summed E-state index contributed by atoms with van der Waals surface area (Å²) >= 11 is 0. The van der Waals surface area contributed by atoms with Gasteiger partial charge in [-0.15, -0.1) is 0 Å². The van der Waals surface area contributed by atoms with E-state index in [4.69, 9.17) is 13.9 Å². The predicted octanol–water partition coefficient (Wildman–Crippen LogP) is 4.10. The average molecular weight is 362 g/mol. The summed E-state index contributed by atoms with van der Waals surface area (Å²) in [4.78, 5) is 16.9. The highest BCUT2D eigenvalue weighted by atomic mass is 16.5. The van der Waals surface area contributed by atoms with E-state index in [2.05, 4.69) is 11.1 Å². The first-order valence-electron chi connectivity index (χ1n) is 8.27. The summed E-state index contributed by atoms with van der Waals surface area (Å²) in [7, 11) is 1.55. The normalized spacial score (nSPS) is 10.9. The second-order valence-electron chi connectivity index (χ2n) is 6.39. The number of methoxy groups -OCH3 is 1. The molecule has 1 aromatic carbocycles. The van der Waals surface area contributed by atoms with Crippen molar-refractivity contribution in [1.29, 1.82) is 5.26 Å². The molecular weight excluding hydrogens is 344 g/mol. The van der Waals surface area contributed by atoms with Gasteiger partial charge in [0, 0.05) is 17.0 Å². The molecule has 6 heteroatoms. The number of nitriles is 1. The van der Waals surface area contributed by atoms with Gasteiger partial charge in [-0.25, -0.2) is 9.78 Å². The number of furan rings is 1. The van der Waals surface area contributed by atoms with E-state index in [1.807, 2.05) is 32.0 Å². The smallest absolute Gasteiger partial charge is 0.346 e. The van der Waals surface area contributed by atoms with Crippen molar-refractivity contribution in [3.63, 3.8) is 0 Å². The quantitative estimate of drug-likeness (QED) is 0.502. The van der Waals surface area contributed by atoms with Crippen LogP contribution in [0.15, 0.2) is 59.4 Å². The fourth-order valence-corrected chi connectivity index (χ4v) is 2.77. The van der Waals surface area contributed by atoms with Crippen LogP contribution >= 0.6 is 0 Å². The molecule has 3 aromatic rings. The maximum Gasteiger partial charge on any atom is 0.346 e. The predicted molar refractivity (Wildman–Crippen MR) is 97.7 cm³/mol. The third kappa shape index (κ3) is 3.53. The highest BCUT2D eigenvalue weighted by molar-refractivity contribution is 5.91. The minimum Gasteiger partial charge on any atom is -0.481 e. The van der Waals surface area contributed by atoms with Crippen molar-refractivity contribution in [2.45, 2.75) is 19.3 Å². The Morgan fingerprint density at radius 2 is 1.96 bits per heavy atom. The van der Waals surface area contributed by atoms with Crippen LogP contribution in [-0.4, -0.2) is 18.1 Å². The Balaban J connectivity index is 2.09. The molecule has 136 valence electrons. The monoisotopic (exact) mass is 362 g/mol. The summed E-state index contributed by atoms with van der Waals surface area (Å²) < 4.78 is 15.7. The van der Waals surface area contributed by atoms with Crippen LogP contribution in [0.4, 0.5) is 0 Å². The topological polar surface area (TPSA) is 85.4 Å². The van der Waals surface area contributed by atoms with Crippen LogP contribution in [0.2, 0.25) is 0 Å². The summed E-state index contributed by atoms with van der Waals surface area (Å²) in [5.74, 6) is 0.0943. The standard InChI is InChI=1S/C21H18N2O4/c1-21(2,17-8-5-9-18(23-17)25-3)16-7-4-6-14(12-22)19(16)27-20(24)15-10-11-26-13-15/h4-11,13H,1-3H3. The number of ether oxygens (including phenoxy) is 2. The molecule has 0 saturated heterocycles. The first kappa shape index (κ1) is 18.2. The Kier molecular flexibility index (Phi) is 4.95. The van der Waals surface area contributed by atoms with Gasteiger partial charge in [0.05, 0.1) is 30.2 Å². The SMILES string of the molecule is COc1cccc(C(C)(C)c2cccc(C#N)c2OC(=O)c2ccoc2)n1. The summed E-state index contributed by atoms with van der Waals surface area (Å²) in [6, 6.07) is 14.2. The van der Waals surface area contributed by atoms with E-state index >= 15 is 0 Å². The van der Waals surface area contributed by atoms with Gasteiger partial charge < -0.3 is 13.9 Å². The maximum absolute atomic E-state index is 12.4. The number of aromatic nitrogens is 1. The molecule has 2 aromatic heterocycles. The molecule has 0 aliphatic rings. The van der Waals surface area contributed by atoms with Gasteiger partial charge in [0.25, 0.3) is 0 Å². The zero-order valence-corrected chi connectivity index (χ0v) is 15.2. The molecule has 0 fully saturated rings. The van der Waals surface area contributed by atoms with Crippen LogP contribution in [0.5, 0.6) is 11.6 Å². The number of nitrogens with zero attached hydrogens (tertiary/aromatic N) is 2. The van der Waals surface area contributed by atoms with Crippen LogP contribution in [0.25, 0.3) is 0 Å². The molecule has 6 nitrogen and oxygen atoms in total. The molecule has 0 unspecified atom stereocenters. The number of carbonyl (C=O) groups is 1. The summed E-state index contributed by atoms with van der Waals surface area (Å²) in [6.07, 6.45) is 2.68. The number of hydrogen-bond acceptors (Lipinski definition) is 6. The molecule has 0 aliphatic heterocycles.